The van der Waals surface area contributed by atoms with Crippen LogP contribution in [-0.2, 0) is 11.3 Å². The van der Waals surface area contributed by atoms with Crippen molar-refractivity contribution in [1.29, 1.82) is 0 Å². The summed E-state index contributed by atoms with van der Waals surface area (Å²) in [4.78, 5) is 28.3. The number of carbonyl (C=O) groups excluding carboxylic acids is 1. The SMILES string of the molecule is Cc1ccc2occ(/C=C/C(=O)NCCCn3ccnc3)c(=O)c2c1. The Bertz CT molecular complexity index is 956. The van der Waals surface area contributed by atoms with Crippen molar-refractivity contribution < 1.29 is 9.21 Å². The molecule has 1 amide bonds. The molecule has 2 heterocycles. The lowest BCUT2D eigenvalue weighted by Gasteiger charge is -2.03. The van der Waals surface area contributed by atoms with Crippen molar-refractivity contribution in [2.24, 2.45) is 0 Å². The molecule has 0 unspecified atom stereocenters. The molecule has 0 spiro atoms. The van der Waals surface area contributed by atoms with Crippen LogP contribution in [0.15, 0.2) is 58.5 Å². The van der Waals surface area contributed by atoms with Gasteiger partial charge in [0.25, 0.3) is 0 Å². The van der Waals surface area contributed by atoms with Crippen LogP contribution in [0.2, 0.25) is 0 Å². The zero-order valence-corrected chi connectivity index (χ0v) is 13.9. The van der Waals surface area contributed by atoms with E-state index in [1.54, 1.807) is 24.7 Å². The Labute approximate surface area is 144 Å². The molecule has 0 bridgehead atoms. The molecular weight excluding hydrogens is 318 g/mol. The summed E-state index contributed by atoms with van der Waals surface area (Å²) >= 11 is 0. The van der Waals surface area contributed by atoms with Gasteiger partial charge >= 0.3 is 0 Å². The summed E-state index contributed by atoms with van der Waals surface area (Å²) in [5.41, 5.74) is 1.73. The molecule has 0 atom stereocenters. The Hall–Kier alpha value is -3.15. The van der Waals surface area contributed by atoms with Gasteiger partial charge in [0, 0.05) is 31.6 Å². The fraction of sp³-hybridized carbons (Fsp3) is 0.211. The van der Waals surface area contributed by atoms with E-state index in [0.717, 1.165) is 18.5 Å². The summed E-state index contributed by atoms with van der Waals surface area (Å²) < 4.78 is 7.41. The number of benzene rings is 1. The van der Waals surface area contributed by atoms with E-state index in [2.05, 4.69) is 10.3 Å². The zero-order valence-electron chi connectivity index (χ0n) is 13.9. The van der Waals surface area contributed by atoms with Gasteiger partial charge in [-0.15, -0.1) is 0 Å². The van der Waals surface area contributed by atoms with Crippen LogP contribution in [0.5, 0.6) is 0 Å². The maximum atomic E-state index is 12.4. The minimum atomic E-state index is -0.241. The highest BCUT2D eigenvalue weighted by molar-refractivity contribution is 5.92. The summed E-state index contributed by atoms with van der Waals surface area (Å²) in [6, 6.07) is 5.44. The Morgan fingerprint density at radius 1 is 1.40 bits per heavy atom. The third-order valence-electron chi connectivity index (χ3n) is 3.82. The Kier molecular flexibility index (Phi) is 5.09. The van der Waals surface area contributed by atoms with E-state index in [4.69, 9.17) is 4.42 Å². The lowest BCUT2D eigenvalue weighted by molar-refractivity contribution is -0.116. The normalized spacial score (nSPS) is 11.2. The van der Waals surface area contributed by atoms with E-state index in [1.165, 1.54) is 18.4 Å². The molecule has 0 saturated carbocycles. The fourth-order valence-corrected chi connectivity index (χ4v) is 2.49. The van der Waals surface area contributed by atoms with E-state index in [1.807, 2.05) is 23.8 Å². The van der Waals surface area contributed by atoms with Crippen LogP contribution in [0.1, 0.15) is 17.5 Å². The number of aromatic nitrogens is 2. The van der Waals surface area contributed by atoms with E-state index >= 15 is 0 Å². The van der Waals surface area contributed by atoms with Crippen molar-refractivity contribution in [2.75, 3.05) is 6.54 Å². The molecule has 0 aliphatic carbocycles. The van der Waals surface area contributed by atoms with Gasteiger partial charge in [-0.1, -0.05) is 11.6 Å². The molecule has 0 aliphatic heterocycles. The maximum absolute atomic E-state index is 12.4. The highest BCUT2D eigenvalue weighted by Crippen LogP contribution is 2.13. The molecule has 0 fully saturated rings. The van der Waals surface area contributed by atoms with E-state index in [0.29, 0.717) is 23.1 Å². The molecule has 0 aliphatic rings. The largest absolute Gasteiger partial charge is 0.463 e. The van der Waals surface area contributed by atoms with Gasteiger partial charge in [-0.3, -0.25) is 9.59 Å². The number of rotatable bonds is 6. The van der Waals surface area contributed by atoms with Crippen LogP contribution in [0.25, 0.3) is 17.0 Å². The van der Waals surface area contributed by atoms with Crippen molar-refractivity contribution in [2.45, 2.75) is 19.9 Å². The number of nitrogens with zero attached hydrogens (tertiary/aromatic N) is 2. The predicted octanol–water partition coefficient (Wildman–Crippen LogP) is 2.52. The van der Waals surface area contributed by atoms with Gasteiger partial charge in [0.05, 0.1) is 17.3 Å². The quantitative estimate of drug-likeness (QED) is 0.554. The molecule has 1 N–H and O–H groups in total. The highest BCUT2D eigenvalue weighted by atomic mass is 16.3. The zero-order chi connectivity index (χ0) is 17.6. The highest BCUT2D eigenvalue weighted by Gasteiger charge is 2.05. The van der Waals surface area contributed by atoms with Gasteiger partial charge in [-0.2, -0.15) is 0 Å². The average Bonchev–Trinajstić information content (AvgIpc) is 3.12. The van der Waals surface area contributed by atoms with Crippen LogP contribution in [0, 0.1) is 6.92 Å². The Balaban J connectivity index is 1.59. The van der Waals surface area contributed by atoms with Crippen molar-refractivity contribution in [3.63, 3.8) is 0 Å². The number of imidazole rings is 1. The number of carbonyl (C=O) groups is 1. The smallest absolute Gasteiger partial charge is 0.244 e. The molecule has 3 aromatic rings. The Morgan fingerprint density at radius 2 is 2.28 bits per heavy atom. The maximum Gasteiger partial charge on any atom is 0.244 e. The number of aryl methyl sites for hydroxylation is 2. The number of fused-ring (bicyclic) bond motifs is 1. The minimum absolute atomic E-state index is 0.144. The molecule has 128 valence electrons. The van der Waals surface area contributed by atoms with Crippen molar-refractivity contribution in [1.82, 2.24) is 14.9 Å². The first-order chi connectivity index (χ1) is 12.1. The summed E-state index contributed by atoms with van der Waals surface area (Å²) in [6.07, 6.45) is 10.4. The molecule has 0 radical (unpaired) electrons. The molecule has 2 aromatic heterocycles. The molecule has 6 heteroatoms. The molecular formula is C19H19N3O3. The van der Waals surface area contributed by atoms with Crippen LogP contribution < -0.4 is 10.7 Å². The van der Waals surface area contributed by atoms with Gasteiger partial charge in [0.1, 0.15) is 11.8 Å². The second-order valence-electron chi connectivity index (χ2n) is 5.80. The van der Waals surface area contributed by atoms with Crippen LogP contribution >= 0.6 is 0 Å². The summed E-state index contributed by atoms with van der Waals surface area (Å²) in [6.45, 7) is 3.25. The number of nitrogens with one attached hydrogen (secondary N) is 1. The molecule has 6 nitrogen and oxygen atoms in total. The summed E-state index contributed by atoms with van der Waals surface area (Å²) in [5, 5.41) is 3.31. The monoisotopic (exact) mass is 337 g/mol. The minimum Gasteiger partial charge on any atom is -0.463 e. The second-order valence-corrected chi connectivity index (χ2v) is 5.80. The molecule has 0 saturated heterocycles. The molecule has 25 heavy (non-hydrogen) atoms. The van der Waals surface area contributed by atoms with Gasteiger partial charge < -0.3 is 14.3 Å². The Morgan fingerprint density at radius 3 is 3.08 bits per heavy atom. The number of hydrogen-bond acceptors (Lipinski definition) is 4. The molecule has 1 aromatic carbocycles. The van der Waals surface area contributed by atoms with Crippen LogP contribution in [0.4, 0.5) is 0 Å². The summed E-state index contributed by atoms with van der Waals surface area (Å²) in [7, 11) is 0. The first-order valence-corrected chi connectivity index (χ1v) is 8.07. The van der Waals surface area contributed by atoms with Gasteiger partial charge in [-0.25, -0.2) is 4.98 Å². The van der Waals surface area contributed by atoms with E-state index < -0.39 is 0 Å². The second kappa shape index (κ2) is 7.61. The number of hydrogen-bond donors (Lipinski definition) is 1. The summed E-state index contributed by atoms with van der Waals surface area (Å²) in [5.74, 6) is -0.241. The predicted molar refractivity (Wildman–Crippen MR) is 96.1 cm³/mol. The van der Waals surface area contributed by atoms with Crippen LogP contribution in [-0.4, -0.2) is 22.0 Å². The number of amides is 1. The lowest BCUT2D eigenvalue weighted by Crippen LogP contribution is -2.23. The first kappa shape index (κ1) is 16.7. The third kappa shape index (κ3) is 4.23. The van der Waals surface area contributed by atoms with E-state index in [9.17, 15) is 9.59 Å². The fourth-order valence-electron chi connectivity index (χ4n) is 2.49. The van der Waals surface area contributed by atoms with E-state index in [-0.39, 0.29) is 11.3 Å². The lowest BCUT2D eigenvalue weighted by atomic mass is 10.1. The van der Waals surface area contributed by atoms with Crippen molar-refractivity contribution in [3.05, 3.63) is 70.6 Å². The first-order valence-electron chi connectivity index (χ1n) is 8.07. The van der Waals surface area contributed by atoms with Gasteiger partial charge in [0.2, 0.25) is 5.91 Å². The van der Waals surface area contributed by atoms with Gasteiger partial charge in [-0.05, 0) is 31.6 Å². The third-order valence-corrected chi connectivity index (χ3v) is 3.82. The average molecular weight is 337 g/mol. The topological polar surface area (TPSA) is 77.1 Å². The van der Waals surface area contributed by atoms with Crippen LogP contribution in [0.3, 0.4) is 0 Å². The van der Waals surface area contributed by atoms with Gasteiger partial charge in [0.15, 0.2) is 5.43 Å². The van der Waals surface area contributed by atoms with Crippen molar-refractivity contribution in [3.8, 4) is 0 Å². The molecule has 3 rings (SSSR count). The van der Waals surface area contributed by atoms with Crippen molar-refractivity contribution >= 4 is 23.0 Å². The standard InChI is InChI=1S/C19H19N3O3/c1-14-3-5-17-16(11-14)19(24)15(12-25-17)4-6-18(23)21-7-2-9-22-10-8-20-13-22/h3-6,8,10-13H,2,7,9H2,1H3,(H,21,23)/b6-4+.